The predicted octanol–water partition coefficient (Wildman–Crippen LogP) is 3.91. The van der Waals surface area contributed by atoms with Crippen LogP contribution in [0.1, 0.15) is 0 Å². The summed E-state index contributed by atoms with van der Waals surface area (Å²) in [4.78, 5) is 24.3. The van der Waals surface area contributed by atoms with Gasteiger partial charge in [-0.15, -0.1) is 0 Å². The van der Waals surface area contributed by atoms with Crippen LogP contribution in [0.3, 0.4) is 0 Å². The summed E-state index contributed by atoms with van der Waals surface area (Å²) in [5.74, 6) is 1.10. The number of nitrogens with one attached hydrogen (secondary N) is 2. The smallest absolute Gasteiger partial charge is 0.161 e. The van der Waals surface area contributed by atoms with E-state index in [9.17, 15) is 4.39 Å². The van der Waals surface area contributed by atoms with Crippen molar-refractivity contribution in [3.05, 3.63) is 72.8 Å². The molecule has 7 rings (SSSR count). The summed E-state index contributed by atoms with van der Waals surface area (Å²) in [6.45, 7) is 1.53. The highest BCUT2D eigenvalue weighted by Gasteiger charge is 2.25. The predicted molar refractivity (Wildman–Crippen MR) is 136 cm³/mol. The second kappa shape index (κ2) is 7.92. The molecule has 0 aliphatic carbocycles. The van der Waals surface area contributed by atoms with Gasteiger partial charge in [-0.2, -0.15) is 5.10 Å². The van der Waals surface area contributed by atoms with Crippen LogP contribution in [0.4, 0.5) is 10.2 Å². The van der Waals surface area contributed by atoms with Crippen LogP contribution in [0.2, 0.25) is 0 Å². The number of aromatic nitrogens is 7. The van der Waals surface area contributed by atoms with Crippen molar-refractivity contribution in [2.45, 2.75) is 6.04 Å². The second-order valence-electron chi connectivity index (χ2n) is 8.89. The molecule has 1 fully saturated rings. The molecule has 6 aromatic rings. The Bertz CT molecular complexity index is 1730. The molecule has 0 bridgehead atoms. The van der Waals surface area contributed by atoms with E-state index in [2.05, 4.69) is 25.1 Å². The number of hydrogen-bond acceptors (Lipinski definition) is 7. The molecule has 36 heavy (non-hydrogen) atoms. The maximum atomic E-state index is 13.5. The molecule has 1 saturated heterocycles. The van der Waals surface area contributed by atoms with Crippen molar-refractivity contribution in [2.75, 3.05) is 18.0 Å². The molecule has 1 aliphatic heterocycles. The largest absolute Gasteiger partial charge is 0.352 e. The van der Waals surface area contributed by atoms with Crippen molar-refractivity contribution in [1.29, 1.82) is 0 Å². The molecule has 1 aliphatic rings. The molecule has 5 heterocycles. The molecule has 9 nitrogen and oxygen atoms in total. The van der Waals surface area contributed by atoms with Crippen molar-refractivity contribution in [3.8, 4) is 34.0 Å². The van der Waals surface area contributed by atoms with Gasteiger partial charge in [-0.3, -0.25) is 10.1 Å². The zero-order valence-electron chi connectivity index (χ0n) is 19.0. The molecule has 0 spiro atoms. The lowest BCUT2D eigenvalue weighted by atomic mass is 10.0. The molecule has 10 heteroatoms. The molecule has 0 amide bonds. The van der Waals surface area contributed by atoms with Gasteiger partial charge >= 0.3 is 0 Å². The van der Waals surface area contributed by atoms with Gasteiger partial charge in [0, 0.05) is 24.7 Å². The van der Waals surface area contributed by atoms with Gasteiger partial charge in [0.25, 0.3) is 0 Å². The highest BCUT2D eigenvalue weighted by molar-refractivity contribution is 5.96. The number of halogens is 1. The van der Waals surface area contributed by atoms with E-state index < -0.39 is 0 Å². The first-order valence-corrected chi connectivity index (χ1v) is 11.6. The fourth-order valence-corrected chi connectivity index (χ4v) is 4.54. The quantitative estimate of drug-likeness (QED) is 0.351. The van der Waals surface area contributed by atoms with Gasteiger partial charge < -0.3 is 15.6 Å². The highest BCUT2D eigenvalue weighted by Crippen LogP contribution is 2.32. The summed E-state index contributed by atoms with van der Waals surface area (Å²) >= 11 is 0. The van der Waals surface area contributed by atoms with E-state index in [0.29, 0.717) is 28.4 Å². The van der Waals surface area contributed by atoms with E-state index in [4.69, 9.17) is 20.7 Å². The second-order valence-corrected chi connectivity index (χ2v) is 8.89. The Labute approximate surface area is 204 Å². The maximum Gasteiger partial charge on any atom is 0.161 e. The number of nitrogens with two attached hydrogens (primary N) is 1. The number of pyridine rings is 1. The lowest BCUT2D eigenvalue weighted by Gasteiger charge is -2.37. The monoisotopic (exact) mass is 477 g/mol. The Kier molecular flexibility index (Phi) is 4.55. The summed E-state index contributed by atoms with van der Waals surface area (Å²) in [5, 5.41) is 7.54. The third-order valence-corrected chi connectivity index (χ3v) is 6.42. The minimum absolute atomic E-state index is 0.172. The summed E-state index contributed by atoms with van der Waals surface area (Å²) in [6.07, 6.45) is 3.44. The topological polar surface area (TPSA) is 125 Å². The van der Waals surface area contributed by atoms with Gasteiger partial charge in [-0.05, 0) is 35.9 Å². The third kappa shape index (κ3) is 3.38. The molecule has 176 valence electrons. The molecule has 4 aromatic heterocycles. The first-order valence-electron chi connectivity index (χ1n) is 11.6. The molecule has 0 unspecified atom stereocenters. The number of anilines is 1. The number of nitrogens with zero attached hydrogens (tertiary/aromatic N) is 6. The van der Waals surface area contributed by atoms with Crippen LogP contribution in [-0.2, 0) is 0 Å². The van der Waals surface area contributed by atoms with Crippen LogP contribution >= 0.6 is 0 Å². The fourth-order valence-electron chi connectivity index (χ4n) is 4.54. The minimum Gasteiger partial charge on any atom is -0.352 e. The maximum absolute atomic E-state index is 13.5. The number of imidazole rings is 1. The number of rotatable bonds is 4. The van der Waals surface area contributed by atoms with E-state index >= 15 is 0 Å². The minimum atomic E-state index is -0.276. The summed E-state index contributed by atoms with van der Waals surface area (Å²) in [6, 6.07) is 16.2. The van der Waals surface area contributed by atoms with Crippen molar-refractivity contribution >= 4 is 27.9 Å². The zero-order chi connectivity index (χ0) is 24.2. The number of aromatic amines is 2. The fraction of sp³-hybridized carbons (Fsp3) is 0.115. The van der Waals surface area contributed by atoms with Crippen molar-refractivity contribution in [1.82, 2.24) is 35.1 Å². The number of hydrogen-bond donors (Lipinski definition) is 3. The van der Waals surface area contributed by atoms with Crippen LogP contribution in [0.5, 0.6) is 0 Å². The molecule has 4 N–H and O–H groups in total. The Morgan fingerprint density at radius 3 is 2.56 bits per heavy atom. The van der Waals surface area contributed by atoms with Gasteiger partial charge in [-0.25, -0.2) is 19.3 Å². The van der Waals surface area contributed by atoms with Crippen LogP contribution in [0, 0.1) is 5.82 Å². The van der Waals surface area contributed by atoms with E-state index in [1.165, 1.54) is 12.1 Å². The average molecular weight is 478 g/mol. The van der Waals surface area contributed by atoms with Crippen molar-refractivity contribution < 1.29 is 4.39 Å². The van der Waals surface area contributed by atoms with Crippen molar-refractivity contribution in [3.63, 3.8) is 0 Å². The van der Waals surface area contributed by atoms with E-state index in [1.54, 1.807) is 24.5 Å². The number of fused-ring (bicyclic) bond motifs is 2. The van der Waals surface area contributed by atoms with Gasteiger partial charge in [-0.1, -0.05) is 24.3 Å². The molecular formula is C26H20FN9. The SMILES string of the molecule is NC1CN(c2cncc(-c3ccc4[nH]nc(-c5nc6c(-c7ccc(F)cc7)cccc6[nH]5)c4n3)n2)C1. The highest BCUT2D eigenvalue weighted by atomic mass is 19.1. The Hall–Kier alpha value is -4.70. The molecule has 0 atom stereocenters. The van der Waals surface area contributed by atoms with Crippen LogP contribution < -0.4 is 10.6 Å². The molecular weight excluding hydrogens is 457 g/mol. The summed E-state index contributed by atoms with van der Waals surface area (Å²) in [7, 11) is 0. The molecule has 0 saturated carbocycles. The van der Waals surface area contributed by atoms with Crippen LogP contribution in [0.25, 0.3) is 56.1 Å². The van der Waals surface area contributed by atoms with E-state index in [-0.39, 0.29) is 11.9 Å². The number of para-hydroxylation sites is 1. The van der Waals surface area contributed by atoms with Crippen molar-refractivity contribution in [2.24, 2.45) is 5.73 Å². The number of H-pyrrole nitrogens is 2. The first-order chi connectivity index (χ1) is 17.6. The number of benzene rings is 2. The Morgan fingerprint density at radius 1 is 0.861 bits per heavy atom. The first kappa shape index (κ1) is 20.7. The van der Waals surface area contributed by atoms with Gasteiger partial charge in [0.15, 0.2) is 11.5 Å². The standard InChI is InChI=1S/C26H20FN9/c27-15-6-4-14(5-7-15)17-2-1-3-19-23(17)33-26(32-19)25-24-20(34-35-25)9-8-18(31-24)21-10-29-11-22(30-21)36-12-16(28)13-36/h1-11,16H,12-13,28H2,(H,32,33)(H,34,35). The Balaban J connectivity index is 1.30. The van der Waals surface area contributed by atoms with E-state index in [0.717, 1.165) is 46.6 Å². The third-order valence-electron chi connectivity index (χ3n) is 6.42. The molecule has 0 radical (unpaired) electrons. The van der Waals surface area contributed by atoms with Crippen LogP contribution in [-0.4, -0.2) is 54.2 Å². The van der Waals surface area contributed by atoms with Crippen LogP contribution in [0.15, 0.2) is 67.0 Å². The van der Waals surface area contributed by atoms with E-state index in [1.807, 2.05) is 30.3 Å². The lowest BCUT2D eigenvalue weighted by Crippen LogP contribution is -2.56. The zero-order valence-corrected chi connectivity index (χ0v) is 19.0. The lowest BCUT2D eigenvalue weighted by molar-refractivity contribution is 0.514. The summed E-state index contributed by atoms with van der Waals surface area (Å²) < 4.78 is 13.5. The normalized spacial score (nSPS) is 14.0. The van der Waals surface area contributed by atoms with Gasteiger partial charge in [0.2, 0.25) is 0 Å². The average Bonchev–Trinajstić information content (AvgIpc) is 3.51. The van der Waals surface area contributed by atoms with Gasteiger partial charge in [0.1, 0.15) is 22.8 Å². The molecule has 2 aromatic carbocycles. The van der Waals surface area contributed by atoms with Gasteiger partial charge in [0.05, 0.1) is 34.6 Å². The summed E-state index contributed by atoms with van der Waals surface area (Å²) in [5.41, 5.74) is 12.8. The Morgan fingerprint density at radius 2 is 1.72 bits per heavy atom.